The minimum atomic E-state index is -0.313. The van der Waals surface area contributed by atoms with Gasteiger partial charge in [-0.25, -0.2) is 15.2 Å². The number of rotatable bonds is 4. The second-order valence-electron chi connectivity index (χ2n) is 6.43. The van der Waals surface area contributed by atoms with Gasteiger partial charge in [0.15, 0.2) is 5.69 Å². The molecule has 29 heavy (non-hydrogen) atoms. The number of carbonyl (C=O) groups is 1. The van der Waals surface area contributed by atoms with Crippen LogP contribution in [0.2, 0.25) is 0 Å². The van der Waals surface area contributed by atoms with Crippen LogP contribution in [0.3, 0.4) is 0 Å². The monoisotopic (exact) mass is 385 g/mol. The number of ether oxygens (including phenoxy) is 1. The molecule has 3 aromatic rings. The highest BCUT2D eigenvalue weighted by Crippen LogP contribution is 2.30. The fourth-order valence-corrected chi connectivity index (χ4v) is 2.91. The van der Waals surface area contributed by atoms with Gasteiger partial charge in [0.2, 0.25) is 0 Å². The summed E-state index contributed by atoms with van der Waals surface area (Å²) in [4.78, 5) is 16.6. The number of carbonyl (C=O) groups excluding carboxylic acids is 1. The summed E-state index contributed by atoms with van der Waals surface area (Å²) in [6, 6.07) is 19.5. The molecule has 1 atom stereocenters. The average molecular weight is 385 g/mol. The molecule has 0 saturated carbocycles. The molecule has 1 unspecified atom stereocenters. The van der Waals surface area contributed by atoms with Crippen molar-refractivity contribution in [2.45, 2.75) is 0 Å². The number of urea groups is 1. The summed E-state index contributed by atoms with van der Waals surface area (Å²) in [5, 5.41) is 13.2. The molecule has 0 spiro atoms. The predicted octanol–water partition coefficient (Wildman–Crippen LogP) is 3.77. The van der Waals surface area contributed by atoms with Gasteiger partial charge in [0.25, 0.3) is 0 Å². The Morgan fingerprint density at radius 1 is 1.10 bits per heavy atom. The van der Waals surface area contributed by atoms with Gasteiger partial charge in [-0.3, -0.25) is 5.43 Å². The van der Waals surface area contributed by atoms with Gasteiger partial charge >= 0.3 is 6.03 Å². The van der Waals surface area contributed by atoms with E-state index in [1.54, 1.807) is 49.7 Å². The van der Waals surface area contributed by atoms with Gasteiger partial charge in [0.05, 0.1) is 17.5 Å². The second-order valence-corrected chi connectivity index (χ2v) is 6.43. The summed E-state index contributed by atoms with van der Waals surface area (Å²) >= 11 is 0. The lowest BCUT2D eigenvalue weighted by molar-refractivity contribution is 0.214. The van der Waals surface area contributed by atoms with Crippen molar-refractivity contribution in [3.8, 4) is 17.6 Å². The topological polar surface area (TPSA) is 99.4 Å². The highest BCUT2D eigenvalue weighted by atomic mass is 16.5. The maximum absolute atomic E-state index is 12.7. The van der Waals surface area contributed by atoms with Gasteiger partial charge in [0.1, 0.15) is 30.3 Å². The number of benzene rings is 2. The number of fused-ring (bicyclic) bond motifs is 1. The minimum Gasteiger partial charge on any atom is -0.457 e. The molecule has 1 aromatic heterocycles. The molecule has 0 saturated heterocycles. The molecule has 4 rings (SSSR count). The van der Waals surface area contributed by atoms with Gasteiger partial charge in [-0.05, 0) is 36.4 Å². The highest BCUT2D eigenvalue weighted by Gasteiger charge is 2.40. The lowest BCUT2D eigenvalue weighted by Gasteiger charge is -2.21. The third-order valence-corrected chi connectivity index (χ3v) is 4.48. The van der Waals surface area contributed by atoms with Crippen molar-refractivity contribution in [1.29, 1.82) is 5.26 Å². The van der Waals surface area contributed by atoms with E-state index in [0.29, 0.717) is 17.2 Å². The predicted molar refractivity (Wildman–Crippen MR) is 109 cm³/mol. The van der Waals surface area contributed by atoms with Crippen LogP contribution < -0.4 is 20.2 Å². The van der Waals surface area contributed by atoms with Crippen molar-refractivity contribution in [3.63, 3.8) is 0 Å². The van der Waals surface area contributed by atoms with Crippen LogP contribution in [-0.4, -0.2) is 24.3 Å². The first-order chi connectivity index (χ1) is 14.1. The number of nitrogens with one attached hydrogen (secondary N) is 2. The zero-order valence-electron chi connectivity index (χ0n) is 15.5. The van der Waals surface area contributed by atoms with E-state index >= 15 is 0 Å². The summed E-state index contributed by atoms with van der Waals surface area (Å²) in [5.41, 5.74) is 8.27. The van der Waals surface area contributed by atoms with Crippen LogP contribution >= 0.6 is 0 Å². The summed E-state index contributed by atoms with van der Waals surface area (Å²) < 4.78 is 5.49. The molecular formula is C21H17N6O2+. The molecule has 0 radical (unpaired) electrons. The molecule has 2 heterocycles. The number of aromatic nitrogens is 1. The molecule has 0 fully saturated rings. The van der Waals surface area contributed by atoms with E-state index < -0.39 is 0 Å². The van der Waals surface area contributed by atoms with E-state index in [2.05, 4.69) is 20.9 Å². The molecule has 8 nitrogen and oxygen atoms in total. The van der Waals surface area contributed by atoms with Crippen molar-refractivity contribution < 1.29 is 9.53 Å². The van der Waals surface area contributed by atoms with Gasteiger partial charge in [-0.1, -0.05) is 21.8 Å². The van der Waals surface area contributed by atoms with E-state index in [9.17, 15) is 4.79 Å². The molecule has 2 amide bonds. The van der Waals surface area contributed by atoms with Crippen molar-refractivity contribution in [2.75, 3.05) is 12.5 Å². The van der Waals surface area contributed by atoms with E-state index in [4.69, 9.17) is 10.00 Å². The van der Waals surface area contributed by atoms with Crippen molar-refractivity contribution in [1.82, 2.24) is 15.0 Å². The molecule has 1 aliphatic heterocycles. The number of nitriles is 1. The molecule has 1 aliphatic rings. The summed E-state index contributed by atoms with van der Waals surface area (Å²) in [5.74, 6) is 1.11. The number of anilines is 1. The van der Waals surface area contributed by atoms with Crippen LogP contribution in [0.4, 0.5) is 16.2 Å². The van der Waals surface area contributed by atoms with E-state index in [0.717, 1.165) is 11.3 Å². The van der Waals surface area contributed by atoms with Crippen molar-refractivity contribution >= 4 is 23.6 Å². The number of para-hydroxylation sites is 1. The number of hydrogen-bond donors (Lipinski definition) is 2. The highest BCUT2D eigenvalue weighted by molar-refractivity contribution is 6.00. The first kappa shape index (κ1) is 18.2. The smallest absolute Gasteiger partial charge is 0.457 e. The summed E-state index contributed by atoms with van der Waals surface area (Å²) in [6.07, 6.45) is 3.21. The largest absolute Gasteiger partial charge is 0.466 e. The van der Waals surface area contributed by atoms with Crippen LogP contribution in [0.1, 0.15) is 11.3 Å². The number of pyridine rings is 1. The maximum atomic E-state index is 12.7. The molecule has 0 aliphatic carbocycles. The SMILES string of the molecule is C[N+]1(C(=O)NNc2ccc(Oc3ccnc(C#N)c3)cc2)N=Cc2ccccc21. The first-order valence-corrected chi connectivity index (χ1v) is 8.81. The number of hydrogen-bond acceptors (Lipinski definition) is 6. The number of quaternary nitrogens is 1. The summed E-state index contributed by atoms with van der Waals surface area (Å²) in [6.45, 7) is 0. The van der Waals surface area contributed by atoms with Crippen LogP contribution in [0.5, 0.6) is 11.5 Å². The third-order valence-electron chi connectivity index (χ3n) is 4.48. The molecule has 142 valence electrons. The first-order valence-electron chi connectivity index (χ1n) is 8.81. The molecular weight excluding hydrogens is 368 g/mol. The van der Waals surface area contributed by atoms with E-state index in [-0.39, 0.29) is 16.3 Å². The molecule has 2 aromatic carbocycles. The van der Waals surface area contributed by atoms with Crippen molar-refractivity contribution in [3.05, 3.63) is 78.1 Å². The number of hydrazine groups is 1. The molecule has 0 bridgehead atoms. The Morgan fingerprint density at radius 3 is 2.69 bits per heavy atom. The Morgan fingerprint density at radius 2 is 1.90 bits per heavy atom. The lowest BCUT2D eigenvalue weighted by atomic mass is 10.2. The van der Waals surface area contributed by atoms with Crippen LogP contribution in [-0.2, 0) is 0 Å². The fraction of sp³-hybridized carbons (Fsp3) is 0.0476. The lowest BCUT2D eigenvalue weighted by Crippen LogP contribution is -2.52. The number of amides is 2. The number of nitrogens with zero attached hydrogens (tertiary/aromatic N) is 4. The van der Waals surface area contributed by atoms with E-state index in [1.165, 1.54) is 6.20 Å². The van der Waals surface area contributed by atoms with Gasteiger partial charge in [-0.2, -0.15) is 5.26 Å². The van der Waals surface area contributed by atoms with Gasteiger partial charge in [0, 0.05) is 18.3 Å². The zero-order valence-corrected chi connectivity index (χ0v) is 15.5. The minimum absolute atomic E-state index is 0.215. The standard InChI is InChI=1S/C21H16N6O2/c1-27(20-5-3-2-4-15(20)14-24-27)21(28)26-25-16-6-8-18(9-7-16)29-19-10-11-23-17(12-19)13-22/h2-12,14,25H,1H3/p+1. The Balaban J connectivity index is 1.39. The average Bonchev–Trinajstić information content (AvgIpc) is 3.11. The van der Waals surface area contributed by atoms with Crippen LogP contribution in [0.25, 0.3) is 0 Å². The van der Waals surface area contributed by atoms with E-state index in [1.807, 2.05) is 30.3 Å². The van der Waals surface area contributed by atoms with Crippen LogP contribution in [0.15, 0.2) is 72.0 Å². The normalized spacial score (nSPS) is 16.6. The van der Waals surface area contributed by atoms with Crippen LogP contribution in [0, 0.1) is 11.3 Å². The third kappa shape index (κ3) is 3.63. The fourth-order valence-electron chi connectivity index (χ4n) is 2.91. The van der Waals surface area contributed by atoms with Gasteiger partial charge in [-0.15, -0.1) is 0 Å². The van der Waals surface area contributed by atoms with Crippen molar-refractivity contribution in [2.24, 2.45) is 5.10 Å². The van der Waals surface area contributed by atoms with Gasteiger partial charge < -0.3 is 4.74 Å². The molecule has 8 heteroatoms. The Labute approximate surface area is 167 Å². The maximum Gasteiger partial charge on any atom is 0.466 e. The summed E-state index contributed by atoms with van der Waals surface area (Å²) in [7, 11) is 1.72. The zero-order chi connectivity index (χ0) is 20.3. The quantitative estimate of drug-likeness (QED) is 0.526. The molecule has 2 N–H and O–H groups in total. The Kier molecular flexibility index (Phi) is 4.65. The Hall–Kier alpha value is -4.22. The second kappa shape index (κ2) is 7.42. The Bertz CT molecular complexity index is 1140.